The van der Waals surface area contributed by atoms with Crippen LogP contribution >= 0.6 is 0 Å². The van der Waals surface area contributed by atoms with Crippen molar-refractivity contribution in [1.82, 2.24) is 4.90 Å². The van der Waals surface area contributed by atoms with Crippen LogP contribution in [0.3, 0.4) is 0 Å². The largest absolute Gasteiger partial charge is 0.305 e. The van der Waals surface area contributed by atoms with Gasteiger partial charge >= 0.3 is 0 Å². The molecule has 0 aromatic carbocycles. The maximum Gasteiger partial charge on any atom is 0.167 e. The Hall–Kier alpha value is -0.190. The molecule has 3 nitrogen and oxygen atoms in total. The normalized spacial score (nSPS) is 22.9. The molecule has 1 aliphatic rings. The second-order valence-electron chi connectivity index (χ2n) is 2.29. The smallest absolute Gasteiger partial charge is 0.167 e. The van der Waals surface area contributed by atoms with Crippen LogP contribution in [0.2, 0.25) is 0 Å². The van der Waals surface area contributed by atoms with E-state index >= 15 is 0 Å². The molecule has 0 fully saturated rings. The van der Waals surface area contributed by atoms with E-state index in [9.17, 15) is 4.21 Å². The summed E-state index contributed by atoms with van der Waals surface area (Å²) in [7, 11) is 0. The minimum atomic E-state index is -1.67. The van der Waals surface area contributed by atoms with Crippen LogP contribution in [0.4, 0.5) is 0 Å². The third-order valence-electron chi connectivity index (χ3n) is 1.44. The first-order chi connectivity index (χ1) is 4.79. The van der Waals surface area contributed by atoms with Crippen LogP contribution in [0, 0.1) is 0 Å². The van der Waals surface area contributed by atoms with Crippen molar-refractivity contribution in [3.63, 3.8) is 0 Å². The Balaban J connectivity index is 2.28. The summed E-state index contributed by atoms with van der Waals surface area (Å²) in [5.41, 5.74) is 0. The Bertz CT molecular complexity index is 158. The number of nitrogens with zero attached hydrogens (tertiary/aromatic N) is 1. The summed E-state index contributed by atoms with van der Waals surface area (Å²) in [5.74, 6) is 0.282. The standard InChI is InChI=1S/C6H11NO2S/c8-10(9)6-7-4-2-1-3-5-7/h1-2H,3-6H2,(H,8,9). The van der Waals surface area contributed by atoms with Gasteiger partial charge in [0.25, 0.3) is 0 Å². The molecule has 0 bridgehead atoms. The van der Waals surface area contributed by atoms with Gasteiger partial charge in [-0.25, -0.2) is 4.21 Å². The zero-order chi connectivity index (χ0) is 7.40. The highest BCUT2D eigenvalue weighted by Crippen LogP contribution is 2.00. The van der Waals surface area contributed by atoms with Crippen LogP contribution in [0.25, 0.3) is 0 Å². The number of hydrogen-bond donors (Lipinski definition) is 1. The lowest BCUT2D eigenvalue weighted by Crippen LogP contribution is -2.30. The molecule has 1 aliphatic heterocycles. The van der Waals surface area contributed by atoms with Gasteiger partial charge in [-0.1, -0.05) is 12.2 Å². The van der Waals surface area contributed by atoms with Crippen molar-refractivity contribution in [2.45, 2.75) is 6.42 Å². The van der Waals surface area contributed by atoms with Crippen molar-refractivity contribution in [3.05, 3.63) is 12.2 Å². The lowest BCUT2D eigenvalue weighted by molar-refractivity contribution is 0.339. The quantitative estimate of drug-likeness (QED) is 0.471. The van der Waals surface area contributed by atoms with Crippen LogP contribution in [0.15, 0.2) is 12.2 Å². The Morgan fingerprint density at radius 1 is 1.60 bits per heavy atom. The first-order valence-corrected chi connectivity index (χ1v) is 4.51. The molecule has 0 aliphatic carbocycles. The lowest BCUT2D eigenvalue weighted by atomic mass is 10.3. The minimum Gasteiger partial charge on any atom is -0.305 e. The molecule has 0 amide bonds. The lowest BCUT2D eigenvalue weighted by Gasteiger charge is -2.20. The summed E-state index contributed by atoms with van der Waals surface area (Å²) in [6.45, 7) is 1.72. The van der Waals surface area contributed by atoms with Crippen LogP contribution < -0.4 is 0 Å². The van der Waals surface area contributed by atoms with Crippen molar-refractivity contribution in [2.75, 3.05) is 19.0 Å². The van der Waals surface area contributed by atoms with Crippen molar-refractivity contribution in [2.24, 2.45) is 0 Å². The van der Waals surface area contributed by atoms with Gasteiger partial charge in [-0.05, 0) is 6.42 Å². The van der Waals surface area contributed by atoms with Crippen LogP contribution in [0.1, 0.15) is 6.42 Å². The molecule has 0 spiro atoms. The van der Waals surface area contributed by atoms with Crippen molar-refractivity contribution >= 4 is 11.1 Å². The molecular formula is C6H11NO2S. The molecule has 1 rings (SSSR count). The molecule has 0 aromatic rings. The maximum absolute atomic E-state index is 10.3. The molecule has 0 saturated heterocycles. The summed E-state index contributed by atoms with van der Waals surface area (Å²) < 4.78 is 18.8. The maximum atomic E-state index is 10.3. The average molecular weight is 161 g/mol. The van der Waals surface area contributed by atoms with E-state index in [2.05, 4.69) is 6.08 Å². The van der Waals surface area contributed by atoms with Gasteiger partial charge in [-0.3, -0.25) is 4.90 Å². The third kappa shape index (κ3) is 2.60. The van der Waals surface area contributed by atoms with Gasteiger partial charge < -0.3 is 4.55 Å². The fourth-order valence-electron chi connectivity index (χ4n) is 0.963. The first kappa shape index (κ1) is 7.91. The monoisotopic (exact) mass is 161 g/mol. The molecular weight excluding hydrogens is 150 g/mol. The molecule has 0 saturated carbocycles. The predicted octanol–water partition coefficient (Wildman–Crippen LogP) is 0.428. The molecule has 0 radical (unpaired) electrons. The summed E-state index contributed by atoms with van der Waals surface area (Å²) >= 11 is -1.67. The van der Waals surface area contributed by atoms with E-state index < -0.39 is 11.1 Å². The van der Waals surface area contributed by atoms with Crippen LogP contribution in [-0.4, -0.2) is 32.6 Å². The van der Waals surface area contributed by atoms with Gasteiger partial charge in [0.15, 0.2) is 11.1 Å². The van der Waals surface area contributed by atoms with Gasteiger partial charge in [0.1, 0.15) is 5.88 Å². The van der Waals surface area contributed by atoms with E-state index in [1.807, 2.05) is 11.0 Å². The third-order valence-corrected chi connectivity index (χ3v) is 2.02. The molecule has 1 heterocycles. The fourth-order valence-corrected chi connectivity index (χ4v) is 1.51. The fraction of sp³-hybridized carbons (Fsp3) is 0.667. The van der Waals surface area contributed by atoms with Crippen molar-refractivity contribution < 1.29 is 8.76 Å². The Labute approximate surface area is 63.0 Å². The van der Waals surface area contributed by atoms with E-state index in [0.717, 1.165) is 19.5 Å². The molecule has 10 heavy (non-hydrogen) atoms. The second kappa shape index (κ2) is 3.85. The molecule has 1 N–H and O–H groups in total. The van der Waals surface area contributed by atoms with E-state index in [0.29, 0.717) is 0 Å². The Kier molecular flexibility index (Phi) is 3.05. The molecule has 1 unspecified atom stereocenters. The van der Waals surface area contributed by atoms with Crippen molar-refractivity contribution in [1.29, 1.82) is 0 Å². The summed E-state index contributed by atoms with van der Waals surface area (Å²) in [6, 6.07) is 0. The average Bonchev–Trinajstić information content (AvgIpc) is 1.88. The minimum absolute atomic E-state index is 0.282. The highest BCUT2D eigenvalue weighted by molar-refractivity contribution is 7.79. The first-order valence-electron chi connectivity index (χ1n) is 3.24. The number of rotatable bonds is 2. The molecule has 0 aromatic heterocycles. The number of hydrogen-bond acceptors (Lipinski definition) is 2. The molecule has 1 atom stereocenters. The summed E-state index contributed by atoms with van der Waals surface area (Å²) in [5, 5.41) is 0. The zero-order valence-electron chi connectivity index (χ0n) is 5.69. The summed E-state index contributed by atoms with van der Waals surface area (Å²) in [6.07, 6.45) is 5.12. The highest BCUT2D eigenvalue weighted by atomic mass is 32.2. The van der Waals surface area contributed by atoms with E-state index in [-0.39, 0.29) is 5.88 Å². The zero-order valence-corrected chi connectivity index (χ0v) is 6.51. The van der Waals surface area contributed by atoms with E-state index in [1.54, 1.807) is 0 Å². The van der Waals surface area contributed by atoms with Gasteiger partial charge in [0.2, 0.25) is 0 Å². The topological polar surface area (TPSA) is 40.5 Å². The van der Waals surface area contributed by atoms with Gasteiger partial charge in [-0.15, -0.1) is 0 Å². The summed E-state index contributed by atoms with van der Waals surface area (Å²) in [4.78, 5) is 1.95. The highest BCUT2D eigenvalue weighted by Gasteiger charge is 2.07. The Morgan fingerprint density at radius 3 is 2.90 bits per heavy atom. The molecule has 58 valence electrons. The predicted molar refractivity (Wildman–Crippen MR) is 41.0 cm³/mol. The van der Waals surface area contributed by atoms with E-state index in [4.69, 9.17) is 4.55 Å². The SMILES string of the molecule is O=S(O)CN1CC=CCC1. The van der Waals surface area contributed by atoms with Crippen LogP contribution in [0.5, 0.6) is 0 Å². The van der Waals surface area contributed by atoms with Gasteiger partial charge in [-0.2, -0.15) is 0 Å². The Morgan fingerprint density at radius 2 is 2.40 bits per heavy atom. The van der Waals surface area contributed by atoms with Crippen LogP contribution in [-0.2, 0) is 11.1 Å². The van der Waals surface area contributed by atoms with Crippen molar-refractivity contribution in [3.8, 4) is 0 Å². The van der Waals surface area contributed by atoms with Gasteiger partial charge in [0.05, 0.1) is 0 Å². The van der Waals surface area contributed by atoms with E-state index in [1.165, 1.54) is 0 Å². The molecule has 4 heteroatoms. The van der Waals surface area contributed by atoms with Gasteiger partial charge in [0, 0.05) is 13.1 Å². The second-order valence-corrected chi connectivity index (χ2v) is 3.19.